The van der Waals surface area contributed by atoms with E-state index in [2.05, 4.69) is 15.9 Å². The predicted octanol–water partition coefficient (Wildman–Crippen LogP) is 6.64. The van der Waals surface area contributed by atoms with Gasteiger partial charge >= 0.3 is 0 Å². The molecular weight excluding hydrogens is 459 g/mol. The molecule has 1 atom stereocenters. The summed E-state index contributed by atoms with van der Waals surface area (Å²) >= 11 is 15.6. The Hall–Kier alpha value is -2.20. The number of carbonyl (C=O) groups excluding carboxylic acids is 2. The van der Waals surface area contributed by atoms with Gasteiger partial charge in [-0.2, -0.15) is 0 Å². The van der Waals surface area contributed by atoms with Crippen molar-refractivity contribution in [3.63, 3.8) is 0 Å². The van der Waals surface area contributed by atoms with E-state index in [4.69, 9.17) is 23.2 Å². The highest BCUT2D eigenvalue weighted by molar-refractivity contribution is 9.10. The van der Waals surface area contributed by atoms with Crippen molar-refractivity contribution in [1.82, 2.24) is 0 Å². The van der Waals surface area contributed by atoms with Gasteiger partial charge in [-0.15, -0.1) is 0 Å². The van der Waals surface area contributed by atoms with Crippen LogP contribution < -0.4 is 0 Å². The van der Waals surface area contributed by atoms with Crippen LogP contribution in [0, 0.1) is 0 Å². The maximum absolute atomic E-state index is 13.4. The van der Waals surface area contributed by atoms with Crippen LogP contribution in [0.2, 0.25) is 10.0 Å². The normalized spacial score (nSPS) is 16.1. The molecule has 0 fully saturated rings. The topological polar surface area (TPSA) is 34.1 Å². The predicted molar refractivity (Wildman–Crippen MR) is 117 cm³/mol. The summed E-state index contributed by atoms with van der Waals surface area (Å²) in [5.74, 6) is -0.303. The molecule has 1 aliphatic carbocycles. The monoisotopic (exact) mass is 470 g/mol. The second kappa shape index (κ2) is 7.67. The first-order valence-corrected chi connectivity index (χ1v) is 10.2. The lowest BCUT2D eigenvalue weighted by atomic mass is 9.80. The molecule has 5 heteroatoms. The first-order valence-electron chi connectivity index (χ1n) is 8.55. The van der Waals surface area contributed by atoms with Crippen LogP contribution in [0.15, 0.2) is 78.4 Å². The van der Waals surface area contributed by atoms with Gasteiger partial charge in [-0.05, 0) is 41.0 Å². The molecule has 0 heterocycles. The van der Waals surface area contributed by atoms with Gasteiger partial charge in [-0.3, -0.25) is 9.59 Å². The molecule has 4 rings (SSSR count). The molecule has 0 aliphatic heterocycles. The summed E-state index contributed by atoms with van der Waals surface area (Å²) in [5, 5.41) is 1.19. The average Bonchev–Trinajstić information content (AvgIpc) is 2.71. The number of carbonyl (C=O) groups is 2. The number of ketones is 2. The molecule has 0 amide bonds. The Morgan fingerprint density at radius 1 is 0.714 bits per heavy atom. The molecule has 2 nitrogen and oxygen atoms in total. The second-order valence-corrected chi connectivity index (χ2v) is 8.19. The number of benzene rings is 3. The number of rotatable bonds is 2. The molecule has 0 spiro atoms. The van der Waals surface area contributed by atoms with Crippen molar-refractivity contribution >= 4 is 56.3 Å². The zero-order valence-corrected chi connectivity index (χ0v) is 17.6. The molecule has 0 bridgehead atoms. The molecule has 0 saturated heterocycles. The van der Waals surface area contributed by atoms with Crippen molar-refractivity contribution in [1.29, 1.82) is 0 Å². The third-order valence-corrected chi connectivity index (χ3v) is 6.08. The molecule has 3 aromatic carbocycles. The molecule has 28 heavy (non-hydrogen) atoms. The summed E-state index contributed by atoms with van der Waals surface area (Å²) in [6.07, 6.45) is 0. The Morgan fingerprint density at radius 2 is 1.18 bits per heavy atom. The number of alkyl halides is 1. The zero-order chi connectivity index (χ0) is 19.8. The van der Waals surface area contributed by atoms with Crippen LogP contribution in [0.4, 0.5) is 0 Å². The Balaban J connectivity index is 2.03. The molecule has 0 radical (unpaired) electrons. The van der Waals surface area contributed by atoms with Gasteiger partial charge in [0.05, 0.1) is 0 Å². The molecule has 0 N–H and O–H groups in total. The quantitative estimate of drug-likeness (QED) is 0.310. The third-order valence-electron chi connectivity index (χ3n) is 4.70. The minimum atomic E-state index is -0.740. The van der Waals surface area contributed by atoms with E-state index < -0.39 is 4.83 Å². The van der Waals surface area contributed by atoms with E-state index in [1.807, 2.05) is 24.3 Å². The fourth-order valence-corrected chi connectivity index (χ4v) is 4.31. The third kappa shape index (κ3) is 3.35. The van der Waals surface area contributed by atoms with Crippen molar-refractivity contribution < 1.29 is 9.59 Å². The van der Waals surface area contributed by atoms with E-state index >= 15 is 0 Å². The highest BCUT2D eigenvalue weighted by Gasteiger charge is 2.37. The van der Waals surface area contributed by atoms with Crippen molar-refractivity contribution in [2.75, 3.05) is 0 Å². The van der Waals surface area contributed by atoms with E-state index in [9.17, 15) is 9.59 Å². The number of hydrogen-bond donors (Lipinski definition) is 0. The summed E-state index contributed by atoms with van der Waals surface area (Å²) in [4.78, 5) is 25.6. The van der Waals surface area contributed by atoms with Gasteiger partial charge in [0.1, 0.15) is 4.83 Å². The van der Waals surface area contributed by atoms with Gasteiger partial charge < -0.3 is 0 Å². The maximum Gasteiger partial charge on any atom is 0.191 e. The second-order valence-electron chi connectivity index (χ2n) is 6.40. The number of hydrogen-bond acceptors (Lipinski definition) is 2. The Labute approximate surface area is 180 Å². The van der Waals surface area contributed by atoms with Crippen LogP contribution in [0.1, 0.15) is 31.8 Å². The van der Waals surface area contributed by atoms with Crippen LogP contribution in [-0.2, 0) is 0 Å². The van der Waals surface area contributed by atoms with Crippen LogP contribution in [-0.4, -0.2) is 16.4 Å². The molecule has 3 aromatic rings. The summed E-state index contributed by atoms with van der Waals surface area (Å²) in [7, 11) is 0. The lowest BCUT2D eigenvalue weighted by molar-refractivity contribution is 0.0943. The van der Waals surface area contributed by atoms with Crippen molar-refractivity contribution in [3.8, 4) is 0 Å². The minimum Gasteiger partial charge on any atom is -0.293 e. The standard InChI is InChI=1S/C23H13BrCl2O2/c24-21-20(22(27)17-3-1-2-4-18(17)23(21)28)19(13-5-9-15(25)10-6-13)14-7-11-16(26)12-8-14/h1-12,21H. The van der Waals surface area contributed by atoms with Crippen molar-refractivity contribution in [3.05, 3.63) is 111 Å². The molecule has 1 aliphatic rings. The van der Waals surface area contributed by atoms with Gasteiger partial charge in [-0.1, -0.05) is 87.7 Å². The first kappa shape index (κ1) is 19.1. The highest BCUT2D eigenvalue weighted by Crippen LogP contribution is 2.38. The fraction of sp³-hybridized carbons (Fsp3) is 0.0435. The van der Waals surface area contributed by atoms with Crippen molar-refractivity contribution in [2.24, 2.45) is 0 Å². The summed E-state index contributed by atoms with van der Waals surface area (Å²) in [6.45, 7) is 0. The number of fused-ring (bicyclic) bond motifs is 1. The molecule has 138 valence electrons. The number of allylic oxidation sites excluding steroid dienone is 1. The van der Waals surface area contributed by atoms with E-state index in [0.29, 0.717) is 32.3 Å². The van der Waals surface area contributed by atoms with Crippen LogP contribution in [0.25, 0.3) is 5.57 Å². The average molecular weight is 472 g/mol. The fourth-order valence-electron chi connectivity index (χ4n) is 3.37. The molecular formula is C23H13BrCl2O2. The Kier molecular flexibility index (Phi) is 5.24. The molecule has 0 saturated carbocycles. The summed E-state index contributed by atoms with van der Waals surface area (Å²) < 4.78 is 0. The first-order chi connectivity index (χ1) is 13.5. The van der Waals surface area contributed by atoms with E-state index in [-0.39, 0.29) is 11.6 Å². The van der Waals surface area contributed by atoms with E-state index in [0.717, 1.165) is 11.1 Å². The lowest BCUT2D eigenvalue weighted by Gasteiger charge is -2.25. The number of halogens is 3. The number of Topliss-reactive ketones (excluding diaryl/α,β-unsaturated/α-hetero) is 2. The Morgan fingerprint density at radius 3 is 1.68 bits per heavy atom. The van der Waals surface area contributed by atoms with Crippen LogP contribution in [0.3, 0.4) is 0 Å². The smallest absolute Gasteiger partial charge is 0.191 e. The minimum absolute atomic E-state index is 0.134. The van der Waals surface area contributed by atoms with Crippen molar-refractivity contribution in [2.45, 2.75) is 4.83 Å². The van der Waals surface area contributed by atoms with Gasteiger partial charge in [0.15, 0.2) is 11.6 Å². The van der Waals surface area contributed by atoms with Gasteiger partial charge in [0.25, 0.3) is 0 Å². The van der Waals surface area contributed by atoms with E-state index in [1.165, 1.54) is 0 Å². The maximum atomic E-state index is 13.4. The molecule has 1 unspecified atom stereocenters. The Bertz CT molecular complexity index is 1070. The largest absolute Gasteiger partial charge is 0.293 e. The van der Waals surface area contributed by atoms with Gasteiger partial charge in [0.2, 0.25) is 0 Å². The zero-order valence-electron chi connectivity index (χ0n) is 14.5. The van der Waals surface area contributed by atoms with Crippen LogP contribution >= 0.6 is 39.1 Å². The molecule has 0 aromatic heterocycles. The van der Waals surface area contributed by atoms with Gasteiger partial charge in [0, 0.05) is 26.7 Å². The summed E-state index contributed by atoms with van der Waals surface area (Å²) in [6, 6.07) is 21.3. The summed E-state index contributed by atoms with van der Waals surface area (Å²) in [5.41, 5.74) is 3.54. The van der Waals surface area contributed by atoms with Crippen LogP contribution in [0.5, 0.6) is 0 Å². The van der Waals surface area contributed by atoms with E-state index in [1.54, 1.807) is 48.5 Å². The highest BCUT2D eigenvalue weighted by atomic mass is 79.9. The van der Waals surface area contributed by atoms with Gasteiger partial charge in [-0.25, -0.2) is 0 Å². The lowest BCUT2D eigenvalue weighted by Crippen LogP contribution is -2.31. The SMILES string of the molecule is O=C1C(=C(c2ccc(Cl)cc2)c2ccc(Cl)cc2)C(Br)C(=O)c2ccccc21.